The van der Waals surface area contributed by atoms with E-state index in [9.17, 15) is 4.79 Å². The first-order valence-corrected chi connectivity index (χ1v) is 13.5. The Morgan fingerprint density at radius 2 is 1.83 bits per heavy atom. The van der Waals surface area contributed by atoms with Crippen LogP contribution in [0.3, 0.4) is 0 Å². The highest BCUT2D eigenvalue weighted by Crippen LogP contribution is 2.39. The molecule has 2 heterocycles. The van der Waals surface area contributed by atoms with Crippen LogP contribution in [-0.4, -0.2) is 16.7 Å². The molecule has 1 aliphatic rings. The largest absolute Gasteiger partial charge is 0.322 e. The number of thiophene rings is 1. The van der Waals surface area contributed by atoms with E-state index < -0.39 is 0 Å². The summed E-state index contributed by atoms with van der Waals surface area (Å²) in [5.41, 5.74) is 8.18. The van der Waals surface area contributed by atoms with Gasteiger partial charge in [-0.3, -0.25) is 9.79 Å². The average molecular weight is 547 g/mol. The summed E-state index contributed by atoms with van der Waals surface area (Å²) in [5, 5.41) is 4.17. The molecular formula is C29H28BrN3OS. The predicted molar refractivity (Wildman–Crippen MR) is 150 cm³/mol. The molecule has 0 saturated heterocycles. The third kappa shape index (κ3) is 4.91. The molecule has 6 heteroatoms. The molecular weight excluding hydrogens is 518 g/mol. The lowest BCUT2D eigenvalue weighted by Crippen LogP contribution is -2.17. The molecule has 0 saturated carbocycles. The maximum atomic E-state index is 13.6. The zero-order chi connectivity index (χ0) is 24.5. The number of anilines is 1. The lowest BCUT2D eigenvalue weighted by atomic mass is 9.95. The molecule has 5 rings (SSSR count). The van der Waals surface area contributed by atoms with Gasteiger partial charge in [-0.05, 0) is 88.4 Å². The van der Waals surface area contributed by atoms with Crippen LogP contribution in [0.15, 0.2) is 64.1 Å². The molecule has 178 valence electrons. The first kappa shape index (κ1) is 23.8. The van der Waals surface area contributed by atoms with Crippen LogP contribution in [0.1, 0.15) is 56.2 Å². The monoisotopic (exact) mass is 545 g/mol. The summed E-state index contributed by atoms with van der Waals surface area (Å²) >= 11 is 5.28. The minimum absolute atomic E-state index is 0.0277. The van der Waals surface area contributed by atoms with Gasteiger partial charge >= 0.3 is 0 Å². The van der Waals surface area contributed by atoms with Crippen molar-refractivity contribution in [1.29, 1.82) is 0 Å². The Bertz CT molecular complexity index is 1430. The van der Waals surface area contributed by atoms with E-state index in [0.717, 1.165) is 62.6 Å². The van der Waals surface area contributed by atoms with Crippen molar-refractivity contribution in [2.24, 2.45) is 4.99 Å². The number of benzene rings is 2. The van der Waals surface area contributed by atoms with E-state index in [1.54, 1.807) is 11.3 Å². The molecule has 2 aromatic carbocycles. The minimum atomic E-state index is -0.0277. The summed E-state index contributed by atoms with van der Waals surface area (Å²) in [6.45, 7) is 6.26. The number of nitrogens with one attached hydrogen (secondary N) is 1. The van der Waals surface area contributed by atoms with Crippen molar-refractivity contribution in [3.05, 3.63) is 97.6 Å². The van der Waals surface area contributed by atoms with Crippen LogP contribution < -0.4 is 5.32 Å². The van der Waals surface area contributed by atoms with Crippen molar-refractivity contribution in [2.75, 3.05) is 5.32 Å². The Morgan fingerprint density at radius 1 is 1.06 bits per heavy atom. The summed E-state index contributed by atoms with van der Waals surface area (Å²) in [4.78, 5) is 19.7. The highest BCUT2D eigenvalue weighted by molar-refractivity contribution is 9.10. The molecule has 2 aromatic heterocycles. The van der Waals surface area contributed by atoms with Gasteiger partial charge in [-0.1, -0.05) is 39.7 Å². The SMILES string of the molecule is Cc1ccc(NC(=O)c2c(-n3c(C)cc(C=Nc4cccc(Br)c4)c3C)sc3c2CCCC3)cc1. The number of nitrogens with zero attached hydrogens (tertiary/aromatic N) is 2. The van der Waals surface area contributed by atoms with Crippen LogP contribution in [0.5, 0.6) is 0 Å². The molecule has 35 heavy (non-hydrogen) atoms. The number of halogens is 1. The number of hydrogen-bond donors (Lipinski definition) is 1. The van der Waals surface area contributed by atoms with Crippen LogP contribution in [0.4, 0.5) is 11.4 Å². The van der Waals surface area contributed by atoms with Crippen molar-refractivity contribution in [3.63, 3.8) is 0 Å². The summed E-state index contributed by atoms with van der Waals surface area (Å²) in [7, 11) is 0. The minimum Gasteiger partial charge on any atom is -0.322 e. The van der Waals surface area contributed by atoms with Gasteiger partial charge in [0.25, 0.3) is 5.91 Å². The van der Waals surface area contributed by atoms with Crippen molar-refractivity contribution in [2.45, 2.75) is 46.5 Å². The standard InChI is InChI=1S/C29H28BrN3OS/c1-18-11-13-23(14-12-18)32-28(34)27-25-9-4-5-10-26(25)35-29(27)33-19(2)15-21(20(33)3)17-31-24-8-6-7-22(30)16-24/h6-8,11-17H,4-5,9-10H2,1-3H3,(H,32,34). The zero-order valence-electron chi connectivity index (χ0n) is 20.2. The van der Waals surface area contributed by atoms with Gasteiger partial charge in [0.05, 0.1) is 11.3 Å². The quantitative estimate of drug-likeness (QED) is 0.253. The fourth-order valence-corrected chi connectivity index (χ4v) is 6.59. The molecule has 1 amide bonds. The summed E-state index contributed by atoms with van der Waals surface area (Å²) in [6.07, 6.45) is 6.23. The van der Waals surface area contributed by atoms with E-state index in [1.165, 1.54) is 22.4 Å². The highest BCUT2D eigenvalue weighted by Gasteiger charge is 2.28. The molecule has 4 aromatic rings. The van der Waals surface area contributed by atoms with E-state index >= 15 is 0 Å². The highest BCUT2D eigenvalue weighted by atomic mass is 79.9. The number of rotatable bonds is 5. The fraction of sp³-hybridized carbons (Fsp3) is 0.241. The first-order valence-electron chi connectivity index (χ1n) is 11.9. The third-order valence-corrected chi connectivity index (χ3v) is 8.29. The van der Waals surface area contributed by atoms with Crippen LogP contribution in [0, 0.1) is 20.8 Å². The van der Waals surface area contributed by atoms with E-state index in [2.05, 4.69) is 50.7 Å². The maximum Gasteiger partial charge on any atom is 0.258 e. The van der Waals surface area contributed by atoms with Gasteiger partial charge in [0.1, 0.15) is 5.00 Å². The van der Waals surface area contributed by atoms with Gasteiger partial charge in [0, 0.05) is 38.2 Å². The lowest BCUT2D eigenvalue weighted by Gasteiger charge is -2.14. The normalized spacial score (nSPS) is 13.3. The van der Waals surface area contributed by atoms with Crippen molar-refractivity contribution in [3.8, 4) is 5.00 Å². The third-order valence-electron chi connectivity index (χ3n) is 6.52. The first-order chi connectivity index (χ1) is 16.9. The summed E-state index contributed by atoms with van der Waals surface area (Å²) in [5.74, 6) is -0.0277. The maximum absolute atomic E-state index is 13.6. The molecule has 1 aliphatic carbocycles. The van der Waals surface area contributed by atoms with Gasteiger partial charge < -0.3 is 9.88 Å². The van der Waals surface area contributed by atoms with E-state index in [-0.39, 0.29) is 5.91 Å². The van der Waals surface area contributed by atoms with E-state index in [1.807, 2.05) is 61.7 Å². The number of carbonyl (C=O) groups is 1. The average Bonchev–Trinajstić information content (AvgIpc) is 3.35. The predicted octanol–water partition coefficient (Wildman–Crippen LogP) is 8.11. The number of fused-ring (bicyclic) bond motifs is 1. The van der Waals surface area contributed by atoms with Crippen LogP contribution >= 0.6 is 27.3 Å². The molecule has 0 aliphatic heterocycles. The Hall–Kier alpha value is -2.96. The zero-order valence-corrected chi connectivity index (χ0v) is 22.6. The number of amides is 1. The van der Waals surface area contributed by atoms with Gasteiger partial charge in [-0.2, -0.15) is 0 Å². The smallest absolute Gasteiger partial charge is 0.258 e. The lowest BCUT2D eigenvalue weighted by molar-refractivity contribution is 0.102. The van der Waals surface area contributed by atoms with Gasteiger partial charge in [-0.15, -0.1) is 11.3 Å². The van der Waals surface area contributed by atoms with Crippen LogP contribution in [-0.2, 0) is 12.8 Å². The molecule has 1 N–H and O–H groups in total. The Labute approximate surface area is 218 Å². The van der Waals surface area contributed by atoms with Gasteiger partial charge in [-0.25, -0.2) is 0 Å². The molecule has 0 fully saturated rings. The fourth-order valence-electron chi connectivity index (χ4n) is 4.70. The van der Waals surface area contributed by atoms with E-state index in [0.29, 0.717) is 0 Å². The Morgan fingerprint density at radius 3 is 2.60 bits per heavy atom. The number of carbonyl (C=O) groups excluding carboxylic acids is 1. The second kappa shape index (κ2) is 9.96. The van der Waals surface area contributed by atoms with Crippen LogP contribution in [0.2, 0.25) is 0 Å². The Balaban J connectivity index is 1.55. The number of aliphatic imine (C=N–C) groups is 1. The molecule has 0 radical (unpaired) electrons. The van der Waals surface area contributed by atoms with Crippen molar-refractivity contribution >= 4 is 50.8 Å². The van der Waals surface area contributed by atoms with E-state index in [4.69, 9.17) is 0 Å². The second-order valence-corrected chi connectivity index (χ2v) is 11.1. The molecule has 0 atom stereocenters. The summed E-state index contributed by atoms with van der Waals surface area (Å²) < 4.78 is 3.24. The number of hydrogen-bond acceptors (Lipinski definition) is 3. The Kier molecular flexibility index (Phi) is 6.76. The topological polar surface area (TPSA) is 46.4 Å². The van der Waals surface area contributed by atoms with Crippen molar-refractivity contribution < 1.29 is 4.79 Å². The number of aromatic nitrogens is 1. The molecule has 4 nitrogen and oxygen atoms in total. The van der Waals surface area contributed by atoms with Crippen molar-refractivity contribution in [1.82, 2.24) is 4.57 Å². The van der Waals surface area contributed by atoms with Gasteiger partial charge in [0.2, 0.25) is 0 Å². The number of aryl methyl sites for hydroxylation is 3. The molecule has 0 spiro atoms. The van der Waals surface area contributed by atoms with Crippen LogP contribution in [0.25, 0.3) is 5.00 Å². The molecule has 0 bridgehead atoms. The van der Waals surface area contributed by atoms with Gasteiger partial charge in [0.15, 0.2) is 0 Å². The summed E-state index contributed by atoms with van der Waals surface area (Å²) in [6, 6.07) is 18.1. The molecule has 0 unspecified atom stereocenters. The second-order valence-electron chi connectivity index (χ2n) is 9.11.